The maximum atomic E-state index is 9.77. The molecule has 5 heteroatoms. The predicted octanol–water partition coefficient (Wildman–Crippen LogP) is 2.26. The number of hydrogen-bond donors (Lipinski definition) is 1. The summed E-state index contributed by atoms with van der Waals surface area (Å²) in [5.74, 6) is 1.60. The van der Waals surface area contributed by atoms with E-state index in [1.54, 1.807) is 7.11 Å². The van der Waals surface area contributed by atoms with Crippen LogP contribution in [-0.2, 0) is 0 Å². The van der Waals surface area contributed by atoms with E-state index in [-0.39, 0.29) is 12.6 Å². The summed E-state index contributed by atoms with van der Waals surface area (Å²) in [5.41, 5.74) is 1.26. The Morgan fingerprint density at radius 3 is 2.16 bits per heavy atom. The molecule has 1 N–H and O–H groups in total. The lowest BCUT2D eigenvalue weighted by atomic mass is 10.2. The van der Waals surface area contributed by atoms with Gasteiger partial charge in [-0.3, -0.25) is 4.90 Å². The van der Waals surface area contributed by atoms with Crippen LogP contribution in [-0.4, -0.2) is 62.6 Å². The average Bonchev–Trinajstić information content (AvgIpc) is 2.70. The van der Waals surface area contributed by atoms with Crippen molar-refractivity contribution in [1.29, 1.82) is 0 Å². The van der Waals surface area contributed by atoms with Gasteiger partial charge in [0.25, 0.3) is 0 Å². The number of methoxy groups -OCH3 is 1. The smallest absolute Gasteiger partial charge is 0.119 e. The molecule has 1 aliphatic rings. The minimum atomic E-state index is 0.0139. The molecule has 0 spiro atoms. The highest BCUT2D eigenvalue weighted by Gasteiger charge is 2.24. The first-order chi connectivity index (χ1) is 12.3. The summed E-state index contributed by atoms with van der Waals surface area (Å²) in [5, 5.41) is 9.77. The molecule has 1 saturated heterocycles. The zero-order chi connectivity index (χ0) is 17.5. The minimum absolute atomic E-state index is 0.0139. The number of para-hydroxylation sites is 1. The van der Waals surface area contributed by atoms with Crippen molar-refractivity contribution < 1.29 is 14.6 Å². The summed E-state index contributed by atoms with van der Waals surface area (Å²) in [6.45, 7) is 4.35. The van der Waals surface area contributed by atoms with Crippen LogP contribution in [0.4, 0.5) is 5.69 Å². The Hall–Kier alpha value is -2.24. The second-order valence-electron chi connectivity index (χ2n) is 6.18. The molecular weight excluding hydrogens is 316 g/mol. The van der Waals surface area contributed by atoms with Gasteiger partial charge in [0.15, 0.2) is 0 Å². The van der Waals surface area contributed by atoms with E-state index in [4.69, 9.17) is 9.47 Å². The molecule has 0 radical (unpaired) electrons. The molecule has 2 aromatic rings. The number of ether oxygens (including phenoxy) is 2. The van der Waals surface area contributed by atoms with E-state index >= 15 is 0 Å². The van der Waals surface area contributed by atoms with Crippen LogP contribution in [0.3, 0.4) is 0 Å². The van der Waals surface area contributed by atoms with Crippen LogP contribution >= 0.6 is 0 Å². The molecule has 0 aromatic heterocycles. The highest BCUT2D eigenvalue weighted by molar-refractivity contribution is 5.46. The first kappa shape index (κ1) is 17.6. The van der Waals surface area contributed by atoms with Crippen LogP contribution in [0.15, 0.2) is 54.6 Å². The van der Waals surface area contributed by atoms with Crippen molar-refractivity contribution in [2.24, 2.45) is 0 Å². The fourth-order valence-corrected chi connectivity index (χ4v) is 3.12. The van der Waals surface area contributed by atoms with Crippen molar-refractivity contribution in [1.82, 2.24) is 4.90 Å². The number of anilines is 1. The SMILES string of the molecule is COc1ccc(OC[C@H](CO)N2CCN(c3ccccc3)CC2)cc1. The molecule has 1 aliphatic heterocycles. The summed E-state index contributed by atoms with van der Waals surface area (Å²) in [6, 6.07) is 18.0. The lowest BCUT2D eigenvalue weighted by Crippen LogP contribution is -2.53. The molecule has 2 aromatic carbocycles. The molecule has 25 heavy (non-hydrogen) atoms. The molecule has 0 bridgehead atoms. The van der Waals surface area contributed by atoms with E-state index in [0.717, 1.165) is 37.7 Å². The van der Waals surface area contributed by atoms with E-state index < -0.39 is 0 Å². The van der Waals surface area contributed by atoms with Crippen LogP contribution in [0.2, 0.25) is 0 Å². The molecule has 0 amide bonds. The first-order valence-corrected chi connectivity index (χ1v) is 8.72. The molecule has 1 fully saturated rings. The van der Waals surface area contributed by atoms with Crippen molar-refractivity contribution >= 4 is 5.69 Å². The van der Waals surface area contributed by atoms with E-state index in [9.17, 15) is 5.11 Å². The van der Waals surface area contributed by atoms with Gasteiger partial charge in [-0.1, -0.05) is 18.2 Å². The summed E-state index contributed by atoms with van der Waals surface area (Å²) in [6.07, 6.45) is 0. The minimum Gasteiger partial charge on any atom is -0.497 e. The molecule has 0 aliphatic carbocycles. The highest BCUT2D eigenvalue weighted by atomic mass is 16.5. The molecule has 3 rings (SSSR count). The van der Waals surface area contributed by atoms with E-state index in [1.165, 1.54) is 5.69 Å². The van der Waals surface area contributed by atoms with Crippen molar-refractivity contribution in [2.45, 2.75) is 6.04 Å². The predicted molar refractivity (Wildman–Crippen MR) is 99.6 cm³/mol. The second kappa shape index (κ2) is 8.74. The van der Waals surface area contributed by atoms with Crippen LogP contribution in [0, 0.1) is 0 Å². The van der Waals surface area contributed by atoms with Crippen molar-refractivity contribution in [3.05, 3.63) is 54.6 Å². The number of hydrogen-bond acceptors (Lipinski definition) is 5. The number of aliphatic hydroxyl groups excluding tert-OH is 1. The average molecular weight is 342 g/mol. The Bertz CT molecular complexity index is 625. The lowest BCUT2D eigenvalue weighted by Gasteiger charge is -2.39. The zero-order valence-corrected chi connectivity index (χ0v) is 14.7. The second-order valence-corrected chi connectivity index (χ2v) is 6.18. The van der Waals surface area contributed by atoms with Gasteiger partial charge in [0.1, 0.15) is 18.1 Å². The van der Waals surface area contributed by atoms with Gasteiger partial charge in [-0.2, -0.15) is 0 Å². The number of rotatable bonds is 7. The van der Waals surface area contributed by atoms with Gasteiger partial charge in [-0.15, -0.1) is 0 Å². The Labute approximate surface area is 149 Å². The fourth-order valence-electron chi connectivity index (χ4n) is 3.12. The Balaban J connectivity index is 1.50. The van der Waals surface area contributed by atoms with E-state index in [0.29, 0.717) is 6.61 Å². The van der Waals surface area contributed by atoms with Crippen molar-refractivity contribution in [3.8, 4) is 11.5 Å². The summed E-state index contributed by atoms with van der Waals surface area (Å²) < 4.78 is 11.0. The van der Waals surface area contributed by atoms with Crippen LogP contribution in [0.25, 0.3) is 0 Å². The summed E-state index contributed by atoms with van der Waals surface area (Å²) in [7, 11) is 1.65. The molecule has 0 unspecified atom stereocenters. The number of aliphatic hydroxyl groups is 1. The molecule has 1 heterocycles. The third-order valence-corrected chi connectivity index (χ3v) is 4.66. The summed E-state index contributed by atoms with van der Waals surface area (Å²) >= 11 is 0. The van der Waals surface area contributed by atoms with Crippen molar-refractivity contribution in [3.63, 3.8) is 0 Å². The van der Waals surface area contributed by atoms with Crippen LogP contribution < -0.4 is 14.4 Å². The van der Waals surface area contributed by atoms with Gasteiger partial charge in [-0.05, 0) is 36.4 Å². The normalized spacial score (nSPS) is 16.5. The number of nitrogens with zero attached hydrogens (tertiary/aromatic N) is 2. The van der Waals surface area contributed by atoms with Gasteiger partial charge in [0.05, 0.1) is 19.8 Å². The monoisotopic (exact) mass is 342 g/mol. The molecule has 134 valence electrons. The van der Waals surface area contributed by atoms with Gasteiger partial charge < -0.3 is 19.5 Å². The zero-order valence-electron chi connectivity index (χ0n) is 14.7. The maximum absolute atomic E-state index is 9.77. The van der Waals surface area contributed by atoms with E-state index in [1.807, 2.05) is 30.3 Å². The fraction of sp³-hybridized carbons (Fsp3) is 0.400. The Morgan fingerprint density at radius 2 is 1.56 bits per heavy atom. The summed E-state index contributed by atoms with van der Waals surface area (Å²) in [4.78, 5) is 4.69. The highest BCUT2D eigenvalue weighted by Crippen LogP contribution is 2.19. The van der Waals surface area contributed by atoms with Crippen molar-refractivity contribution in [2.75, 3.05) is 51.4 Å². The standard InChI is InChI=1S/C20H26N2O3/c1-24-19-7-9-20(10-8-19)25-16-18(15-23)22-13-11-21(12-14-22)17-5-3-2-4-6-17/h2-10,18,23H,11-16H2,1H3/t18-/m0/s1. The molecule has 0 saturated carbocycles. The van der Waals surface area contributed by atoms with Crippen LogP contribution in [0.5, 0.6) is 11.5 Å². The topological polar surface area (TPSA) is 45.2 Å². The number of piperazine rings is 1. The molecule has 5 nitrogen and oxygen atoms in total. The van der Waals surface area contributed by atoms with Gasteiger partial charge in [-0.25, -0.2) is 0 Å². The number of benzene rings is 2. The largest absolute Gasteiger partial charge is 0.497 e. The van der Waals surface area contributed by atoms with E-state index in [2.05, 4.69) is 34.1 Å². The maximum Gasteiger partial charge on any atom is 0.119 e. The first-order valence-electron chi connectivity index (χ1n) is 8.72. The Morgan fingerprint density at radius 1 is 0.920 bits per heavy atom. The van der Waals surface area contributed by atoms with Gasteiger partial charge >= 0.3 is 0 Å². The van der Waals surface area contributed by atoms with Gasteiger partial charge in [0, 0.05) is 31.9 Å². The molecular formula is C20H26N2O3. The molecule has 1 atom stereocenters. The third-order valence-electron chi connectivity index (χ3n) is 4.66. The Kier molecular flexibility index (Phi) is 6.14. The van der Waals surface area contributed by atoms with Gasteiger partial charge in [0.2, 0.25) is 0 Å². The lowest BCUT2D eigenvalue weighted by molar-refractivity contribution is 0.0780. The van der Waals surface area contributed by atoms with Crippen LogP contribution in [0.1, 0.15) is 0 Å². The quantitative estimate of drug-likeness (QED) is 0.836. The third kappa shape index (κ3) is 4.65.